The lowest BCUT2D eigenvalue weighted by atomic mass is 10.2. The van der Waals surface area contributed by atoms with E-state index in [9.17, 15) is 14.4 Å². The average molecular weight is 312 g/mol. The second-order valence-corrected chi connectivity index (χ2v) is 5.58. The molecule has 0 fully saturated rings. The number of hydrogen-bond donors (Lipinski definition) is 3. The standard InChI is InChI=1S/C14H20N2O4S/c1-2-10(11-6-5-9-21-11)15-14(20)16-12(17)7-3-4-8-13(18)19/h5-6,9-10H,2-4,7-8H2,1H3,(H,18,19)(H2,15,16,17,20). The maximum absolute atomic E-state index is 11.7. The number of rotatable bonds is 8. The number of unbranched alkanes of at least 4 members (excludes halogenated alkanes) is 1. The van der Waals surface area contributed by atoms with Crippen molar-refractivity contribution in [3.63, 3.8) is 0 Å². The minimum absolute atomic E-state index is 0.0375. The maximum atomic E-state index is 11.7. The number of imide groups is 1. The Hall–Kier alpha value is -1.89. The van der Waals surface area contributed by atoms with Crippen LogP contribution in [0, 0.1) is 0 Å². The van der Waals surface area contributed by atoms with Crippen LogP contribution in [0.1, 0.15) is 49.9 Å². The molecule has 0 aromatic carbocycles. The van der Waals surface area contributed by atoms with Crippen molar-refractivity contribution < 1.29 is 19.5 Å². The molecule has 6 nitrogen and oxygen atoms in total. The van der Waals surface area contributed by atoms with E-state index in [1.165, 1.54) is 0 Å². The van der Waals surface area contributed by atoms with Gasteiger partial charge in [0.1, 0.15) is 0 Å². The van der Waals surface area contributed by atoms with Gasteiger partial charge < -0.3 is 10.4 Å². The molecule has 0 aliphatic heterocycles. The van der Waals surface area contributed by atoms with Gasteiger partial charge in [0.15, 0.2) is 0 Å². The SMILES string of the molecule is CCC(NC(=O)NC(=O)CCCCC(=O)O)c1cccs1. The predicted octanol–water partition coefficient (Wildman–Crippen LogP) is 2.67. The molecular formula is C14H20N2O4S. The third-order valence-electron chi connectivity index (χ3n) is 2.90. The van der Waals surface area contributed by atoms with Crippen molar-refractivity contribution in [3.05, 3.63) is 22.4 Å². The van der Waals surface area contributed by atoms with Crippen LogP contribution in [0.25, 0.3) is 0 Å². The first-order chi connectivity index (χ1) is 10.0. The molecule has 1 rings (SSSR count). The van der Waals surface area contributed by atoms with E-state index >= 15 is 0 Å². The van der Waals surface area contributed by atoms with Gasteiger partial charge in [0, 0.05) is 17.7 Å². The average Bonchev–Trinajstić information content (AvgIpc) is 2.94. The number of nitrogens with one attached hydrogen (secondary N) is 2. The zero-order valence-corrected chi connectivity index (χ0v) is 12.7. The van der Waals surface area contributed by atoms with Crippen LogP contribution in [0.2, 0.25) is 0 Å². The van der Waals surface area contributed by atoms with Crippen LogP contribution >= 0.6 is 11.3 Å². The molecular weight excluding hydrogens is 292 g/mol. The van der Waals surface area contributed by atoms with Crippen molar-refractivity contribution >= 4 is 29.2 Å². The van der Waals surface area contributed by atoms with E-state index in [2.05, 4.69) is 10.6 Å². The smallest absolute Gasteiger partial charge is 0.321 e. The van der Waals surface area contributed by atoms with Crippen molar-refractivity contribution in [2.45, 2.75) is 45.1 Å². The van der Waals surface area contributed by atoms with E-state index in [4.69, 9.17) is 5.11 Å². The Balaban J connectivity index is 2.29. The summed E-state index contributed by atoms with van der Waals surface area (Å²) in [6, 6.07) is 3.23. The fourth-order valence-corrected chi connectivity index (χ4v) is 2.67. The van der Waals surface area contributed by atoms with E-state index in [1.807, 2.05) is 24.4 Å². The summed E-state index contributed by atoms with van der Waals surface area (Å²) in [4.78, 5) is 34.6. The van der Waals surface area contributed by atoms with Crippen molar-refractivity contribution in [2.24, 2.45) is 0 Å². The van der Waals surface area contributed by atoms with Gasteiger partial charge in [0.05, 0.1) is 6.04 Å². The summed E-state index contributed by atoms with van der Waals surface area (Å²) in [7, 11) is 0. The van der Waals surface area contributed by atoms with Gasteiger partial charge in [0.2, 0.25) is 5.91 Å². The van der Waals surface area contributed by atoms with Gasteiger partial charge in [-0.05, 0) is 30.7 Å². The molecule has 116 valence electrons. The summed E-state index contributed by atoms with van der Waals surface area (Å²) in [5, 5.41) is 15.4. The molecule has 0 saturated carbocycles. The summed E-state index contributed by atoms with van der Waals surface area (Å²) < 4.78 is 0. The van der Waals surface area contributed by atoms with E-state index in [0.29, 0.717) is 12.8 Å². The second kappa shape index (κ2) is 9.12. The molecule has 0 aliphatic rings. The van der Waals surface area contributed by atoms with Crippen LogP contribution in [0.15, 0.2) is 17.5 Å². The first kappa shape index (κ1) is 17.2. The molecule has 0 aliphatic carbocycles. The Morgan fingerprint density at radius 1 is 1.29 bits per heavy atom. The lowest BCUT2D eigenvalue weighted by Crippen LogP contribution is -2.40. The van der Waals surface area contributed by atoms with Crippen molar-refractivity contribution in [2.75, 3.05) is 0 Å². The van der Waals surface area contributed by atoms with Gasteiger partial charge in [-0.15, -0.1) is 11.3 Å². The molecule has 1 aromatic heterocycles. The first-order valence-electron chi connectivity index (χ1n) is 6.88. The van der Waals surface area contributed by atoms with E-state index in [-0.39, 0.29) is 24.8 Å². The number of carboxylic acids is 1. The highest BCUT2D eigenvalue weighted by atomic mass is 32.1. The number of carbonyl (C=O) groups excluding carboxylic acids is 2. The molecule has 0 saturated heterocycles. The number of carbonyl (C=O) groups is 3. The van der Waals surface area contributed by atoms with Gasteiger partial charge in [-0.25, -0.2) is 4.79 Å². The number of urea groups is 1. The molecule has 3 N–H and O–H groups in total. The predicted molar refractivity (Wildman–Crippen MR) is 80.1 cm³/mol. The van der Waals surface area contributed by atoms with Gasteiger partial charge in [0.25, 0.3) is 0 Å². The number of thiophene rings is 1. The summed E-state index contributed by atoms with van der Waals surface area (Å²) in [6.45, 7) is 1.96. The summed E-state index contributed by atoms with van der Waals surface area (Å²) in [6.07, 6.45) is 1.80. The van der Waals surface area contributed by atoms with E-state index < -0.39 is 12.0 Å². The lowest BCUT2D eigenvalue weighted by Gasteiger charge is -2.15. The van der Waals surface area contributed by atoms with Crippen molar-refractivity contribution in [3.8, 4) is 0 Å². The monoisotopic (exact) mass is 312 g/mol. The summed E-state index contributed by atoms with van der Waals surface area (Å²) >= 11 is 1.55. The Bertz CT molecular complexity index is 473. The Labute approximate surface area is 127 Å². The molecule has 0 radical (unpaired) electrons. The Morgan fingerprint density at radius 3 is 2.57 bits per heavy atom. The number of carboxylic acid groups (broad SMARTS) is 1. The van der Waals surface area contributed by atoms with Crippen LogP contribution in [0.3, 0.4) is 0 Å². The zero-order valence-electron chi connectivity index (χ0n) is 11.9. The van der Waals surface area contributed by atoms with Gasteiger partial charge >= 0.3 is 12.0 Å². The van der Waals surface area contributed by atoms with Crippen LogP contribution in [0.5, 0.6) is 0 Å². The topological polar surface area (TPSA) is 95.5 Å². The number of hydrogen-bond acceptors (Lipinski definition) is 4. The molecule has 3 amide bonds. The molecule has 1 heterocycles. The highest BCUT2D eigenvalue weighted by molar-refractivity contribution is 7.10. The van der Waals surface area contributed by atoms with E-state index in [1.54, 1.807) is 11.3 Å². The Kier molecular flexibility index (Phi) is 7.45. The Morgan fingerprint density at radius 2 is 2.00 bits per heavy atom. The maximum Gasteiger partial charge on any atom is 0.321 e. The summed E-state index contributed by atoms with van der Waals surface area (Å²) in [5.41, 5.74) is 0. The molecule has 1 atom stereocenters. The van der Waals surface area contributed by atoms with Gasteiger partial charge in [-0.2, -0.15) is 0 Å². The van der Waals surface area contributed by atoms with Crippen molar-refractivity contribution in [1.82, 2.24) is 10.6 Å². The minimum Gasteiger partial charge on any atom is -0.481 e. The highest BCUT2D eigenvalue weighted by Crippen LogP contribution is 2.21. The normalized spacial score (nSPS) is 11.7. The minimum atomic E-state index is -0.880. The van der Waals surface area contributed by atoms with Crippen LogP contribution < -0.4 is 10.6 Å². The van der Waals surface area contributed by atoms with Crippen LogP contribution in [-0.4, -0.2) is 23.0 Å². The first-order valence-corrected chi connectivity index (χ1v) is 7.76. The molecule has 0 bridgehead atoms. The second-order valence-electron chi connectivity index (χ2n) is 4.60. The van der Waals surface area contributed by atoms with Gasteiger partial charge in [-0.3, -0.25) is 14.9 Å². The molecule has 7 heteroatoms. The van der Waals surface area contributed by atoms with Crippen LogP contribution in [0.4, 0.5) is 4.79 Å². The molecule has 0 spiro atoms. The zero-order chi connectivity index (χ0) is 15.7. The largest absolute Gasteiger partial charge is 0.481 e. The van der Waals surface area contributed by atoms with Crippen LogP contribution in [-0.2, 0) is 9.59 Å². The fourth-order valence-electron chi connectivity index (χ4n) is 1.81. The van der Waals surface area contributed by atoms with Crippen molar-refractivity contribution in [1.29, 1.82) is 0 Å². The lowest BCUT2D eigenvalue weighted by molar-refractivity contribution is -0.137. The van der Waals surface area contributed by atoms with E-state index in [0.717, 1.165) is 11.3 Å². The molecule has 1 aromatic rings. The molecule has 1 unspecified atom stereocenters. The fraction of sp³-hybridized carbons (Fsp3) is 0.500. The third-order valence-corrected chi connectivity index (χ3v) is 3.88. The third kappa shape index (κ3) is 6.89. The highest BCUT2D eigenvalue weighted by Gasteiger charge is 2.15. The number of amides is 3. The number of aliphatic carboxylic acids is 1. The molecule has 21 heavy (non-hydrogen) atoms. The summed E-state index contributed by atoms with van der Waals surface area (Å²) in [5.74, 6) is -1.27. The quantitative estimate of drug-likeness (QED) is 0.643. The van der Waals surface area contributed by atoms with Gasteiger partial charge in [-0.1, -0.05) is 13.0 Å².